The van der Waals surface area contributed by atoms with Crippen molar-refractivity contribution in [3.05, 3.63) is 46.7 Å². The summed E-state index contributed by atoms with van der Waals surface area (Å²) in [7, 11) is 0. The van der Waals surface area contributed by atoms with Crippen LogP contribution in [-0.4, -0.2) is 26.1 Å². The first-order valence-electron chi connectivity index (χ1n) is 6.51. The Morgan fingerprint density at radius 2 is 2.25 bits per heavy atom. The van der Waals surface area contributed by atoms with Crippen LogP contribution in [0.5, 0.6) is 0 Å². The summed E-state index contributed by atoms with van der Waals surface area (Å²) in [6.07, 6.45) is 2.82. The normalized spacial score (nSPS) is 14.4. The number of benzene rings is 1. The van der Waals surface area contributed by atoms with Crippen molar-refractivity contribution in [1.29, 1.82) is 0 Å². The monoisotopic (exact) mass is 285 g/mol. The van der Waals surface area contributed by atoms with Crippen LogP contribution in [0.15, 0.2) is 30.5 Å². The summed E-state index contributed by atoms with van der Waals surface area (Å²) in [6, 6.07) is 7.56. The van der Waals surface area contributed by atoms with Gasteiger partial charge in [-0.15, -0.1) is 5.10 Å². The highest BCUT2D eigenvalue weighted by molar-refractivity contribution is 6.30. The lowest BCUT2D eigenvalue weighted by atomic mass is 10.1. The van der Waals surface area contributed by atoms with Crippen molar-refractivity contribution in [3.63, 3.8) is 0 Å². The molecule has 0 saturated carbocycles. The Morgan fingerprint density at radius 1 is 1.30 bits per heavy atom. The number of aromatic nitrogens is 4. The van der Waals surface area contributed by atoms with Gasteiger partial charge in [0.05, 0.1) is 5.69 Å². The van der Waals surface area contributed by atoms with Crippen molar-refractivity contribution < 1.29 is 0 Å². The van der Waals surface area contributed by atoms with E-state index in [-0.39, 0.29) is 0 Å². The van der Waals surface area contributed by atoms with E-state index in [9.17, 15) is 0 Å². The number of hydrogen-bond acceptors (Lipinski definition) is 4. The van der Waals surface area contributed by atoms with Gasteiger partial charge in [0, 0.05) is 41.9 Å². The van der Waals surface area contributed by atoms with Gasteiger partial charge in [0.15, 0.2) is 5.82 Å². The summed E-state index contributed by atoms with van der Waals surface area (Å²) >= 11 is 6.02. The number of nitrogens with zero attached hydrogens (tertiary/aromatic N) is 4. The maximum atomic E-state index is 6.02. The molecule has 1 aliphatic rings. The number of hydrogen-bond donors (Lipinski definition) is 1. The molecule has 100 valence electrons. The minimum absolute atomic E-state index is 0.639. The number of rotatable bonds is 1. The van der Waals surface area contributed by atoms with Crippen LogP contribution in [0.4, 0.5) is 0 Å². The third-order valence-electron chi connectivity index (χ3n) is 3.49. The van der Waals surface area contributed by atoms with Crippen molar-refractivity contribution in [2.75, 3.05) is 6.54 Å². The molecule has 1 N–H and O–H groups in total. The fourth-order valence-electron chi connectivity index (χ4n) is 2.51. The molecule has 5 nitrogen and oxygen atoms in total. The Morgan fingerprint density at radius 3 is 3.15 bits per heavy atom. The van der Waals surface area contributed by atoms with Gasteiger partial charge in [-0.2, -0.15) is 4.98 Å². The SMILES string of the molecule is Clc1cccc(-c2nc3ncc4c(n3n2)CCNC4)c1. The van der Waals surface area contributed by atoms with Crippen LogP contribution >= 0.6 is 11.6 Å². The molecule has 0 aliphatic carbocycles. The lowest BCUT2D eigenvalue weighted by molar-refractivity contribution is 0.610. The van der Waals surface area contributed by atoms with Crippen molar-refractivity contribution in [3.8, 4) is 11.4 Å². The zero-order valence-corrected chi connectivity index (χ0v) is 11.4. The molecule has 0 unspecified atom stereocenters. The van der Waals surface area contributed by atoms with Gasteiger partial charge in [-0.25, -0.2) is 9.50 Å². The zero-order chi connectivity index (χ0) is 13.5. The maximum absolute atomic E-state index is 6.02. The third kappa shape index (κ3) is 1.87. The molecule has 0 bridgehead atoms. The molecular formula is C14H12ClN5. The van der Waals surface area contributed by atoms with E-state index < -0.39 is 0 Å². The standard InChI is InChI=1S/C14H12ClN5/c15-11-3-1-2-9(6-11)13-18-14-17-8-10-7-16-5-4-12(10)20(14)19-13/h1-3,6,8,16H,4-5,7H2. The molecular weight excluding hydrogens is 274 g/mol. The molecule has 4 rings (SSSR count). The summed E-state index contributed by atoms with van der Waals surface area (Å²) < 4.78 is 1.85. The molecule has 1 aliphatic heterocycles. The van der Waals surface area contributed by atoms with Crippen LogP contribution < -0.4 is 5.32 Å². The van der Waals surface area contributed by atoms with Gasteiger partial charge in [0.25, 0.3) is 5.78 Å². The van der Waals surface area contributed by atoms with E-state index in [2.05, 4.69) is 20.4 Å². The van der Waals surface area contributed by atoms with Crippen LogP contribution in [0.1, 0.15) is 11.3 Å². The van der Waals surface area contributed by atoms with Gasteiger partial charge in [-0.3, -0.25) is 0 Å². The van der Waals surface area contributed by atoms with Gasteiger partial charge in [0.2, 0.25) is 0 Å². The summed E-state index contributed by atoms with van der Waals surface area (Å²) in [6.45, 7) is 1.79. The number of nitrogens with one attached hydrogen (secondary N) is 1. The van der Waals surface area contributed by atoms with Gasteiger partial charge in [-0.05, 0) is 12.1 Å². The third-order valence-corrected chi connectivity index (χ3v) is 3.72. The molecule has 0 spiro atoms. The molecule has 3 aromatic rings. The highest BCUT2D eigenvalue weighted by Gasteiger charge is 2.16. The van der Waals surface area contributed by atoms with Crippen LogP contribution in [0.3, 0.4) is 0 Å². The Balaban J connectivity index is 1.91. The average Bonchev–Trinajstić information content (AvgIpc) is 2.92. The molecule has 3 heterocycles. The quantitative estimate of drug-likeness (QED) is 0.744. The average molecular weight is 286 g/mol. The molecule has 0 amide bonds. The summed E-state index contributed by atoms with van der Waals surface area (Å²) in [5.74, 6) is 1.30. The molecule has 6 heteroatoms. The van der Waals surface area contributed by atoms with E-state index >= 15 is 0 Å². The molecule has 20 heavy (non-hydrogen) atoms. The largest absolute Gasteiger partial charge is 0.312 e. The zero-order valence-electron chi connectivity index (χ0n) is 10.7. The first-order valence-corrected chi connectivity index (χ1v) is 6.89. The van der Waals surface area contributed by atoms with Crippen LogP contribution in [-0.2, 0) is 13.0 Å². The number of fused-ring (bicyclic) bond motifs is 3. The van der Waals surface area contributed by atoms with Gasteiger partial charge in [-0.1, -0.05) is 23.7 Å². The van der Waals surface area contributed by atoms with Crippen LogP contribution in [0.25, 0.3) is 17.2 Å². The summed E-state index contributed by atoms with van der Waals surface area (Å²) in [4.78, 5) is 8.87. The first kappa shape index (κ1) is 11.8. The number of halogens is 1. The molecule has 1 aromatic carbocycles. The topological polar surface area (TPSA) is 55.1 Å². The van der Waals surface area contributed by atoms with Crippen molar-refractivity contribution in [1.82, 2.24) is 24.9 Å². The maximum Gasteiger partial charge on any atom is 0.252 e. The fourth-order valence-corrected chi connectivity index (χ4v) is 2.70. The van der Waals surface area contributed by atoms with E-state index in [1.807, 2.05) is 35.0 Å². The Labute approximate surface area is 120 Å². The second-order valence-electron chi connectivity index (χ2n) is 4.81. The van der Waals surface area contributed by atoms with E-state index in [1.54, 1.807) is 0 Å². The Bertz CT molecular complexity index is 795. The lowest BCUT2D eigenvalue weighted by Gasteiger charge is -2.16. The van der Waals surface area contributed by atoms with E-state index in [1.165, 1.54) is 11.3 Å². The Kier molecular flexibility index (Phi) is 2.68. The molecule has 0 atom stereocenters. The first-order chi connectivity index (χ1) is 9.81. The molecule has 0 saturated heterocycles. The minimum Gasteiger partial charge on any atom is -0.312 e. The molecule has 0 fully saturated rings. The summed E-state index contributed by atoms with van der Waals surface area (Å²) in [5, 5.41) is 8.61. The van der Waals surface area contributed by atoms with E-state index in [4.69, 9.17) is 11.6 Å². The Hall–Kier alpha value is -1.98. The van der Waals surface area contributed by atoms with Crippen molar-refractivity contribution in [2.24, 2.45) is 0 Å². The fraction of sp³-hybridized carbons (Fsp3) is 0.214. The van der Waals surface area contributed by atoms with Gasteiger partial charge < -0.3 is 5.32 Å². The predicted molar refractivity (Wildman–Crippen MR) is 76.6 cm³/mol. The second kappa shape index (κ2) is 4.54. The van der Waals surface area contributed by atoms with Gasteiger partial charge >= 0.3 is 0 Å². The van der Waals surface area contributed by atoms with Crippen molar-refractivity contribution >= 4 is 17.4 Å². The summed E-state index contributed by atoms with van der Waals surface area (Å²) in [5.41, 5.74) is 3.28. The molecule has 2 aromatic heterocycles. The van der Waals surface area contributed by atoms with Crippen molar-refractivity contribution in [2.45, 2.75) is 13.0 Å². The van der Waals surface area contributed by atoms with E-state index in [0.29, 0.717) is 16.6 Å². The van der Waals surface area contributed by atoms with Crippen LogP contribution in [0, 0.1) is 0 Å². The highest BCUT2D eigenvalue weighted by Crippen LogP contribution is 2.21. The second-order valence-corrected chi connectivity index (χ2v) is 5.25. The smallest absolute Gasteiger partial charge is 0.252 e. The molecule has 0 radical (unpaired) electrons. The highest BCUT2D eigenvalue weighted by atomic mass is 35.5. The van der Waals surface area contributed by atoms with Crippen LogP contribution in [0.2, 0.25) is 5.02 Å². The van der Waals surface area contributed by atoms with E-state index in [0.717, 1.165) is 25.1 Å². The van der Waals surface area contributed by atoms with Gasteiger partial charge in [0.1, 0.15) is 0 Å². The predicted octanol–water partition coefficient (Wildman–Crippen LogP) is 2.09. The minimum atomic E-state index is 0.639. The lowest BCUT2D eigenvalue weighted by Crippen LogP contribution is -2.26.